The summed E-state index contributed by atoms with van der Waals surface area (Å²) in [6.45, 7) is 4.74. The minimum atomic E-state index is -0.0993. The Morgan fingerprint density at radius 2 is 0.921 bits per heavy atom. The summed E-state index contributed by atoms with van der Waals surface area (Å²) < 4.78 is 9.00. The maximum absolute atomic E-state index is 6.54. The molecule has 0 saturated carbocycles. The summed E-state index contributed by atoms with van der Waals surface area (Å²) in [5, 5.41) is 15.0. The predicted molar refractivity (Wildman–Crippen MR) is 267 cm³/mol. The molecule has 14 rings (SSSR count). The first-order valence-corrected chi connectivity index (χ1v) is 22.0. The van der Waals surface area contributed by atoms with Crippen molar-refractivity contribution in [1.82, 2.24) is 4.57 Å². The summed E-state index contributed by atoms with van der Waals surface area (Å²) in [5.74, 6) is 0. The molecule has 2 heterocycles. The summed E-state index contributed by atoms with van der Waals surface area (Å²) in [7, 11) is 0. The molecule has 0 fully saturated rings. The first kappa shape index (κ1) is 34.7. The molecule has 1 aliphatic carbocycles. The van der Waals surface area contributed by atoms with Crippen LogP contribution in [0.3, 0.4) is 0 Å². The first-order valence-electron chi connectivity index (χ1n) is 22.0. The second kappa shape index (κ2) is 12.6. The SMILES string of the molecule is CC1(C)c2ccccc2-c2c1cc(-c1ccc3oc4ccc(-c5ccc6c(c5)c5ccccc5c5c6ccc6c7ccccc7n(-c7ccccc7)c65)cc4c3c1)c1ccccc21. The summed E-state index contributed by atoms with van der Waals surface area (Å²) >= 11 is 0. The number of hydrogen-bond acceptors (Lipinski definition) is 1. The Morgan fingerprint density at radius 3 is 1.73 bits per heavy atom. The van der Waals surface area contributed by atoms with Gasteiger partial charge < -0.3 is 8.98 Å². The van der Waals surface area contributed by atoms with Crippen LogP contribution in [0.1, 0.15) is 25.0 Å². The van der Waals surface area contributed by atoms with E-state index in [1.165, 1.54) is 115 Å². The molecule has 0 N–H and O–H groups in total. The number of rotatable bonds is 3. The molecule has 294 valence electrons. The van der Waals surface area contributed by atoms with Crippen LogP contribution in [0.2, 0.25) is 0 Å². The molecule has 0 spiro atoms. The van der Waals surface area contributed by atoms with Crippen molar-refractivity contribution in [3.8, 4) is 39.1 Å². The fourth-order valence-electron chi connectivity index (χ4n) is 11.4. The maximum atomic E-state index is 6.54. The van der Waals surface area contributed by atoms with Crippen molar-refractivity contribution in [3.63, 3.8) is 0 Å². The molecular formula is C61H39NO. The van der Waals surface area contributed by atoms with E-state index < -0.39 is 0 Å². The van der Waals surface area contributed by atoms with Gasteiger partial charge in [0.15, 0.2) is 0 Å². The molecule has 0 atom stereocenters. The standard InChI is InChI=1S/C61H39NO/c1-61(2)53-22-12-10-21-48(53)58-44-19-8-6-16-40(44)49(35-54(58)61)38-26-31-57-52(34-38)51-33-37(25-30-56(51)63-57)36-24-27-42-46-28-29-47-43-18-11-13-23-55(43)62(39-14-4-3-5-15-39)60(47)59(46)45-20-9-7-17-41(45)50(42)32-36/h3-35H,1-2H3. The van der Waals surface area contributed by atoms with Gasteiger partial charge in [0.05, 0.1) is 11.0 Å². The zero-order chi connectivity index (χ0) is 41.6. The Kier molecular flexibility index (Phi) is 6.93. The van der Waals surface area contributed by atoms with Gasteiger partial charge in [-0.05, 0) is 137 Å². The quantitative estimate of drug-likeness (QED) is 0.163. The highest BCUT2D eigenvalue weighted by Crippen LogP contribution is 2.53. The second-order valence-corrected chi connectivity index (χ2v) is 18.0. The molecule has 0 bridgehead atoms. The molecular weight excluding hydrogens is 763 g/mol. The lowest BCUT2D eigenvalue weighted by molar-refractivity contribution is 0.661. The number of hydrogen-bond donors (Lipinski definition) is 0. The number of para-hydroxylation sites is 2. The van der Waals surface area contributed by atoms with Crippen LogP contribution in [0, 0.1) is 0 Å². The molecule has 2 aromatic heterocycles. The van der Waals surface area contributed by atoms with E-state index in [4.69, 9.17) is 4.42 Å². The van der Waals surface area contributed by atoms with Crippen molar-refractivity contribution >= 4 is 86.8 Å². The van der Waals surface area contributed by atoms with Crippen molar-refractivity contribution in [2.24, 2.45) is 0 Å². The number of aromatic nitrogens is 1. The van der Waals surface area contributed by atoms with Crippen LogP contribution >= 0.6 is 0 Å². The van der Waals surface area contributed by atoms with Gasteiger partial charge in [-0.15, -0.1) is 0 Å². The van der Waals surface area contributed by atoms with E-state index in [2.05, 4.69) is 219 Å². The summed E-state index contributed by atoms with van der Waals surface area (Å²) in [6.07, 6.45) is 0. The Morgan fingerprint density at radius 1 is 0.365 bits per heavy atom. The van der Waals surface area contributed by atoms with E-state index in [0.29, 0.717) is 0 Å². The number of benzene rings is 11. The molecule has 11 aromatic carbocycles. The molecule has 2 heteroatoms. The van der Waals surface area contributed by atoms with Crippen LogP contribution < -0.4 is 0 Å². The average Bonchev–Trinajstić information content (AvgIpc) is 3.96. The van der Waals surface area contributed by atoms with E-state index in [1.807, 2.05) is 0 Å². The third-order valence-corrected chi connectivity index (χ3v) is 14.3. The zero-order valence-corrected chi connectivity index (χ0v) is 34.9. The van der Waals surface area contributed by atoms with Crippen LogP contribution in [0.15, 0.2) is 205 Å². The van der Waals surface area contributed by atoms with Crippen molar-refractivity contribution < 1.29 is 4.42 Å². The van der Waals surface area contributed by atoms with Crippen LogP contribution in [-0.2, 0) is 5.41 Å². The lowest BCUT2D eigenvalue weighted by atomic mass is 9.80. The number of nitrogens with zero attached hydrogens (tertiary/aromatic N) is 1. The summed E-state index contributed by atoms with van der Waals surface area (Å²) in [4.78, 5) is 0. The molecule has 63 heavy (non-hydrogen) atoms. The monoisotopic (exact) mass is 801 g/mol. The molecule has 1 aliphatic rings. The molecule has 0 saturated heterocycles. The Labute approximate surface area is 363 Å². The van der Waals surface area contributed by atoms with Crippen LogP contribution in [0.4, 0.5) is 0 Å². The Bertz CT molecular complexity index is 4090. The average molecular weight is 802 g/mol. The Hall–Kier alpha value is -7.94. The van der Waals surface area contributed by atoms with Crippen molar-refractivity contribution in [2.45, 2.75) is 19.3 Å². The fourth-order valence-corrected chi connectivity index (χ4v) is 11.4. The molecule has 0 amide bonds. The van der Waals surface area contributed by atoms with Gasteiger partial charge in [-0.25, -0.2) is 0 Å². The molecule has 0 aliphatic heterocycles. The van der Waals surface area contributed by atoms with Crippen molar-refractivity contribution in [3.05, 3.63) is 211 Å². The first-order chi connectivity index (χ1) is 31.0. The highest BCUT2D eigenvalue weighted by atomic mass is 16.3. The van der Waals surface area contributed by atoms with E-state index in [-0.39, 0.29) is 5.41 Å². The van der Waals surface area contributed by atoms with Crippen molar-refractivity contribution in [1.29, 1.82) is 0 Å². The van der Waals surface area contributed by atoms with Gasteiger partial charge >= 0.3 is 0 Å². The largest absolute Gasteiger partial charge is 0.456 e. The van der Waals surface area contributed by atoms with Crippen molar-refractivity contribution in [2.75, 3.05) is 0 Å². The molecule has 0 unspecified atom stereocenters. The van der Waals surface area contributed by atoms with Gasteiger partial charge in [0.25, 0.3) is 0 Å². The number of furan rings is 1. The minimum absolute atomic E-state index is 0.0993. The third-order valence-electron chi connectivity index (χ3n) is 14.3. The van der Waals surface area contributed by atoms with Gasteiger partial charge in [0, 0.05) is 38.0 Å². The Balaban J connectivity index is 0.956. The topological polar surface area (TPSA) is 18.1 Å². The van der Waals surface area contributed by atoms with Gasteiger partial charge in [-0.1, -0.05) is 159 Å². The third kappa shape index (κ3) is 4.73. The zero-order valence-electron chi connectivity index (χ0n) is 34.9. The number of fused-ring (bicyclic) bond motifs is 18. The lowest BCUT2D eigenvalue weighted by Gasteiger charge is -2.23. The van der Waals surface area contributed by atoms with Gasteiger partial charge in [-0.2, -0.15) is 0 Å². The highest BCUT2D eigenvalue weighted by Gasteiger charge is 2.37. The van der Waals surface area contributed by atoms with E-state index in [1.54, 1.807) is 0 Å². The summed E-state index contributed by atoms with van der Waals surface area (Å²) in [6, 6.07) is 74.1. The van der Waals surface area contributed by atoms with E-state index in [0.717, 1.165) is 21.9 Å². The van der Waals surface area contributed by atoms with Gasteiger partial charge in [0.1, 0.15) is 11.2 Å². The minimum Gasteiger partial charge on any atom is -0.456 e. The molecule has 0 radical (unpaired) electrons. The smallest absolute Gasteiger partial charge is 0.135 e. The van der Waals surface area contributed by atoms with Crippen LogP contribution in [0.25, 0.3) is 126 Å². The maximum Gasteiger partial charge on any atom is 0.135 e. The molecule has 2 nitrogen and oxygen atoms in total. The molecule has 13 aromatic rings. The highest BCUT2D eigenvalue weighted by molar-refractivity contribution is 6.33. The lowest BCUT2D eigenvalue weighted by Crippen LogP contribution is -2.15. The fraction of sp³-hybridized carbons (Fsp3) is 0.0492. The van der Waals surface area contributed by atoms with Crippen LogP contribution in [-0.4, -0.2) is 4.57 Å². The van der Waals surface area contributed by atoms with Gasteiger partial charge in [-0.3, -0.25) is 0 Å². The summed E-state index contributed by atoms with van der Waals surface area (Å²) in [5.41, 5.74) is 15.6. The second-order valence-electron chi connectivity index (χ2n) is 18.0. The predicted octanol–water partition coefficient (Wildman–Crippen LogP) is 16.9. The normalized spacial score (nSPS) is 13.4. The van der Waals surface area contributed by atoms with E-state index in [9.17, 15) is 0 Å². The van der Waals surface area contributed by atoms with Crippen LogP contribution in [0.5, 0.6) is 0 Å². The van der Waals surface area contributed by atoms with E-state index >= 15 is 0 Å². The van der Waals surface area contributed by atoms with Gasteiger partial charge in [0.2, 0.25) is 0 Å².